The summed E-state index contributed by atoms with van der Waals surface area (Å²) in [6.45, 7) is 2.44. The molecule has 0 saturated heterocycles. The van der Waals surface area contributed by atoms with Crippen molar-refractivity contribution in [3.8, 4) is 17.6 Å². The first-order chi connectivity index (χ1) is 14.0. The Balaban J connectivity index is 1.90. The Bertz CT molecular complexity index is 1090. The predicted molar refractivity (Wildman–Crippen MR) is 116 cm³/mol. The maximum atomic E-state index is 14.1. The van der Waals surface area contributed by atoms with Gasteiger partial charge in [0.15, 0.2) is 11.5 Å². The van der Waals surface area contributed by atoms with Gasteiger partial charge in [0.25, 0.3) is 0 Å². The van der Waals surface area contributed by atoms with Crippen molar-refractivity contribution >= 4 is 27.6 Å². The van der Waals surface area contributed by atoms with Gasteiger partial charge in [-0.15, -0.1) is 0 Å². The van der Waals surface area contributed by atoms with Crippen LogP contribution in [0.2, 0.25) is 0 Å². The average molecular weight is 452 g/mol. The Morgan fingerprint density at radius 2 is 1.83 bits per heavy atom. The lowest BCUT2D eigenvalue weighted by molar-refractivity contribution is 0.284. The number of hydrogen-bond acceptors (Lipinski definition) is 3. The summed E-state index contributed by atoms with van der Waals surface area (Å²) in [6.07, 6.45) is 1.62. The van der Waals surface area contributed by atoms with Crippen LogP contribution in [0.4, 0.5) is 4.39 Å². The lowest BCUT2D eigenvalue weighted by Gasteiger charge is -2.13. The Morgan fingerprint density at radius 3 is 2.48 bits per heavy atom. The second kappa shape index (κ2) is 9.40. The van der Waals surface area contributed by atoms with Crippen LogP contribution in [0.1, 0.15) is 22.3 Å². The minimum absolute atomic E-state index is 0.221. The van der Waals surface area contributed by atoms with Gasteiger partial charge in [-0.1, -0.05) is 64.0 Å². The standard InChI is InChI=1S/C24H19BrFNO2/c1-16-7-9-17(10-8-16)15-29-24-13-21(25)18(12-23(24)28-2)11-19(14-27)20-5-3-4-6-22(20)26/h3-13H,15H2,1-2H3/b19-11-. The van der Waals surface area contributed by atoms with Gasteiger partial charge >= 0.3 is 0 Å². The molecular weight excluding hydrogens is 433 g/mol. The summed E-state index contributed by atoms with van der Waals surface area (Å²) < 4.78 is 26.2. The Hall–Kier alpha value is -3.10. The van der Waals surface area contributed by atoms with Crippen LogP contribution < -0.4 is 9.47 Å². The third-order valence-electron chi connectivity index (χ3n) is 4.38. The molecule has 0 spiro atoms. The van der Waals surface area contributed by atoms with Gasteiger partial charge in [0.1, 0.15) is 12.4 Å². The van der Waals surface area contributed by atoms with Crippen LogP contribution in [0.5, 0.6) is 11.5 Å². The van der Waals surface area contributed by atoms with Crippen molar-refractivity contribution < 1.29 is 13.9 Å². The van der Waals surface area contributed by atoms with Crippen LogP contribution in [-0.2, 0) is 6.61 Å². The lowest BCUT2D eigenvalue weighted by atomic mass is 10.0. The van der Waals surface area contributed by atoms with E-state index in [-0.39, 0.29) is 11.1 Å². The molecule has 146 valence electrons. The molecule has 0 aliphatic rings. The molecular formula is C24H19BrFNO2. The largest absolute Gasteiger partial charge is 0.493 e. The number of methoxy groups -OCH3 is 1. The van der Waals surface area contributed by atoms with E-state index in [9.17, 15) is 9.65 Å². The van der Waals surface area contributed by atoms with E-state index in [0.717, 1.165) is 5.56 Å². The molecule has 0 aliphatic heterocycles. The summed E-state index contributed by atoms with van der Waals surface area (Å²) in [6, 6.07) is 19.9. The molecule has 0 atom stereocenters. The third kappa shape index (κ3) is 5.04. The lowest BCUT2D eigenvalue weighted by Crippen LogP contribution is -1.98. The quantitative estimate of drug-likeness (QED) is 0.315. The molecule has 3 aromatic carbocycles. The summed E-state index contributed by atoms with van der Waals surface area (Å²) in [5, 5.41) is 9.51. The molecule has 5 heteroatoms. The SMILES string of the molecule is COc1cc(/C=C(/C#N)c2ccccc2F)c(Br)cc1OCc1ccc(C)cc1. The molecule has 0 N–H and O–H groups in total. The minimum atomic E-state index is -0.443. The maximum absolute atomic E-state index is 14.1. The number of nitriles is 1. The van der Waals surface area contributed by atoms with Gasteiger partial charge in [-0.3, -0.25) is 0 Å². The molecule has 0 aliphatic carbocycles. The molecule has 29 heavy (non-hydrogen) atoms. The number of allylic oxidation sites excluding steroid dienone is 1. The zero-order chi connectivity index (χ0) is 20.8. The summed E-state index contributed by atoms with van der Waals surface area (Å²) in [5.41, 5.74) is 3.39. The zero-order valence-electron chi connectivity index (χ0n) is 16.1. The van der Waals surface area contributed by atoms with Crippen molar-refractivity contribution in [1.29, 1.82) is 5.26 Å². The summed E-state index contributed by atoms with van der Waals surface area (Å²) in [4.78, 5) is 0. The number of hydrogen-bond donors (Lipinski definition) is 0. The van der Waals surface area contributed by atoms with Crippen molar-refractivity contribution in [2.45, 2.75) is 13.5 Å². The van der Waals surface area contributed by atoms with Gasteiger partial charge in [-0.2, -0.15) is 5.26 Å². The van der Waals surface area contributed by atoms with Gasteiger partial charge in [-0.05, 0) is 42.3 Å². The van der Waals surface area contributed by atoms with Crippen LogP contribution in [0, 0.1) is 24.1 Å². The smallest absolute Gasteiger partial charge is 0.162 e. The summed E-state index contributed by atoms with van der Waals surface area (Å²) in [7, 11) is 1.55. The van der Waals surface area contributed by atoms with Gasteiger partial charge in [-0.25, -0.2) is 4.39 Å². The van der Waals surface area contributed by atoms with Gasteiger partial charge in [0.05, 0.1) is 18.8 Å². The van der Waals surface area contributed by atoms with Gasteiger partial charge < -0.3 is 9.47 Å². The number of nitrogens with zero attached hydrogens (tertiary/aromatic N) is 1. The summed E-state index contributed by atoms with van der Waals surface area (Å²) >= 11 is 3.51. The Morgan fingerprint density at radius 1 is 1.10 bits per heavy atom. The highest BCUT2D eigenvalue weighted by molar-refractivity contribution is 9.10. The van der Waals surface area contributed by atoms with E-state index in [2.05, 4.69) is 22.0 Å². The maximum Gasteiger partial charge on any atom is 0.162 e. The molecule has 0 aromatic heterocycles. The number of rotatable bonds is 6. The van der Waals surface area contributed by atoms with Crippen LogP contribution in [0.25, 0.3) is 11.6 Å². The highest BCUT2D eigenvalue weighted by Crippen LogP contribution is 2.36. The zero-order valence-corrected chi connectivity index (χ0v) is 17.7. The monoisotopic (exact) mass is 451 g/mol. The molecule has 3 nitrogen and oxygen atoms in total. The van der Waals surface area contributed by atoms with Gasteiger partial charge in [0, 0.05) is 10.0 Å². The molecule has 0 unspecified atom stereocenters. The highest BCUT2D eigenvalue weighted by atomic mass is 79.9. The van der Waals surface area contributed by atoms with Crippen molar-refractivity contribution in [3.05, 3.63) is 93.2 Å². The highest BCUT2D eigenvalue weighted by Gasteiger charge is 2.12. The topological polar surface area (TPSA) is 42.2 Å². The van der Waals surface area contributed by atoms with E-state index in [1.165, 1.54) is 11.6 Å². The minimum Gasteiger partial charge on any atom is -0.493 e. The second-order valence-corrected chi connectivity index (χ2v) is 7.30. The average Bonchev–Trinajstić information content (AvgIpc) is 2.73. The Kier molecular flexibility index (Phi) is 6.69. The van der Waals surface area contributed by atoms with Gasteiger partial charge in [0.2, 0.25) is 0 Å². The third-order valence-corrected chi connectivity index (χ3v) is 5.07. The molecule has 3 rings (SSSR count). The van der Waals surface area contributed by atoms with E-state index in [1.54, 1.807) is 43.5 Å². The molecule has 3 aromatic rings. The first-order valence-corrected chi connectivity index (χ1v) is 9.73. The van der Waals surface area contributed by atoms with Crippen LogP contribution in [0.3, 0.4) is 0 Å². The van der Waals surface area contributed by atoms with Crippen LogP contribution in [-0.4, -0.2) is 7.11 Å². The van der Waals surface area contributed by atoms with Crippen molar-refractivity contribution in [2.24, 2.45) is 0 Å². The normalized spacial score (nSPS) is 11.1. The number of halogens is 2. The number of benzene rings is 3. The second-order valence-electron chi connectivity index (χ2n) is 6.45. The van der Waals surface area contributed by atoms with E-state index < -0.39 is 5.82 Å². The molecule has 0 radical (unpaired) electrons. The summed E-state index contributed by atoms with van der Waals surface area (Å²) in [5.74, 6) is 0.653. The van der Waals surface area contributed by atoms with E-state index in [4.69, 9.17) is 9.47 Å². The number of aryl methyl sites for hydroxylation is 1. The predicted octanol–water partition coefficient (Wildman–Crippen LogP) is 6.55. The van der Waals surface area contributed by atoms with Crippen molar-refractivity contribution in [1.82, 2.24) is 0 Å². The van der Waals surface area contributed by atoms with Crippen molar-refractivity contribution in [3.63, 3.8) is 0 Å². The first-order valence-electron chi connectivity index (χ1n) is 8.94. The van der Waals surface area contributed by atoms with E-state index in [0.29, 0.717) is 28.1 Å². The fourth-order valence-electron chi connectivity index (χ4n) is 2.78. The molecule has 0 amide bonds. The van der Waals surface area contributed by atoms with E-state index >= 15 is 0 Å². The van der Waals surface area contributed by atoms with Crippen LogP contribution in [0.15, 0.2) is 65.1 Å². The molecule has 0 bridgehead atoms. The molecule has 0 saturated carbocycles. The number of ether oxygens (including phenoxy) is 2. The molecule has 0 heterocycles. The first kappa shape index (κ1) is 20.6. The fraction of sp³-hybridized carbons (Fsp3) is 0.125. The fourth-order valence-corrected chi connectivity index (χ4v) is 3.22. The van der Waals surface area contributed by atoms with Crippen molar-refractivity contribution in [2.75, 3.05) is 7.11 Å². The Labute approximate surface area is 178 Å². The van der Waals surface area contributed by atoms with E-state index in [1.807, 2.05) is 31.2 Å². The van der Waals surface area contributed by atoms with Crippen LogP contribution >= 0.6 is 15.9 Å². The molecule has 0 fully saturated rings.